The fourth-order valence-corrected chi connectivity index (χ4v) is 2.42. The second-order valence-corrected chi connectivity index (χ2v) is 4.63. The third kappa shape index (κ3) is 1.73. The van der Waals surface area contributed by atoms with E-state index >= 15 is 0 Å². The van der Waals surface area contributed by atoms with Gasteiger partial charge < -0.3 is 10.4 Å². The van der Waals surface area contributed by atoms with Crippen LogP contribution in [-0.2, 0) is 6.54 Å². The Morgan fingerprint density at radius 2 is 1.89 bits per heavy atom. The van der Waals surface area contributed by atoms with Crippen molar-refractivity contribution in [2.45, 2.75) is 6.54 Å². The molecule has 4 heteroatoms. The van der Waals surface area contributed by atoms with Gasteiger partial charge in [-0.1, -0.05) is 17.7 Å². The number of phenolic OH excluding ortho intramolecular Hbond substituents is 1. The number of amides is 1. The van der Waals surface area contributed by atoms with Crippen LogP contribution in [0.25, 0.3) is 11.1 Å². The van der Waals surface area contributed by atoms with E-state index in [0.717, 1.165) is 16.7 Å². The zero-order chi connectivity index (χ0) is 12.7. The van der Waals surface area contributed by atoms with Crippen LogP contribution >= 0.6 is 11.6 Å². The minimum Gasteiger partial charge on any atom is -0.508 e. The van der Waals surface area contributed by atoms with Crippen LogP contribution in [0.1, 0.15) is 15.9 Å². The number of benzene rings is 2. The van der Waals surface area contributed by atoms with Crippen molar-refractivity contribution in [2.75, 3.05) is 0 Å². The van der Waals surface area contributed by atoms with Crippen molar-refractivity contribution in [3.8, 4) is 16.9 Å². The van der Waals surface area contributed by atoms with Gasteiger partial charge in [-0.25, -0.2) is 0 Å². The average molecular weight is 260 g/mol. The smallest absolute Gasteiger partial charge is 0.251 e. The summed E-state index contributed by atoms with van der Waals surface area (Å²) in [4.78, 5) is 11.5. The topological polar surface area (TPSA) is 49.3 Å². The lowest BCUT2D eigenvalue weighted by Gasteiger charge is -2.06. The summed E-state index contributed by atoms with van der Waals surface area (Å²) < 4.78 is 0. The normalized spacial score (nSPS) is 13.3. The highest BCUT2D eigenvalue weighted by Crippen LogP contribution is 2.32. The lowest BCUT2D eigenvalue weighted by Crippen LogP contribution is -2.12. The number of hydrogen-bond donors (Lipinski definition) is 2. The summed E-state index contributed by atoms with van der Waals surface area (Å²) in [7, 11) is 0. The molecule has 1 aliphatic heterocycles. The van der Waals surface area contributed by atoms with Gasteiger partial charge >= 0.3 is 0 Å². The summed E-state index contributed by atoms with van der Waals surface area (Å²) in [6, 6.07) is 10.5. The predicted octanol–water partition coefficient (Wildman–Crippen LogP) is 2.96. The summed E-state index contributed by atoms with van der Waals surface area (Å²) in [5.74, 6) is 0.107. The van der Waals surface area contributed by atoms with Gasteiger partial charge in [0.15, 0.2) is 0 Å². The first-order chi connectivity index (χ1) is 8.65. The van der Waals surface area contributed by atoms with E-state index in [1.807, 2.05) is 12.1 Å². The van der Waals surface area contributed by atoms with E-state index in [4.69, 9.17) is 11.6 Å². The molecule has 3 nitrogen and oxygen atoms in total. The zero-order valence-corrected chi connectivity index (χ0v) is 10.2. The van der Waals surface area contributed by atoms with Gasteiger partial charge in [0.05, 0.1) is 5.02 Å². The van der Waals surface area contributed by atoms with Gasteiger partial charge in [0.2, 0.25) is 0 Å². The molecular formula is C14H10ClNO2. The van der Waals surface area contributed by atoms with Gasteiger partial charge in [-0.15, -0.1) is 0 Å². The Kier molecular flexibility index (Phi) is 2.49. The van der Waals surface area contributed by atoms with Crippen molar-refractivity contribution in [3.63, 3.8) is 0 Å². The molecule has 1 amide bonds. The van der Waals surface area contributed by atoms with E-state index in [9.17, 15) is 9.90 Å². The first-order valence-electron chi connectivity index (χ1n) is 5.55. The first-order valence-corrected chi connectivity index (χ1v) is 5.93. The van der Waals surface area contributed by atoms with Crippen LogP contribution in [0.5, 0.6) is 5.75 Å². The number of phenols is 1. The molecule has 0 aliphatic carbocycles. The molecule has 1 heterocycles. The van der Waals surface area contributed by atoms with Crippen LogP contribution in [0.4, 0.5) is 0 Å². The Balaban J connectivity index is 2.10. The molecule has 0 fully saturated rings. The number of hydrogen-bond acceptors (Lipinski definition) is 2. The summed E-state index contributed by atoms with van der Waals surface area (Å²) in [5, 5.41) is 12.6. The van der Waals surface area contributed by atoms with E-state index in [2.05, 4.69) is 5.32 Å². The Hall–Kier alpha value is -2.00. The van der Waals surface area contributed by atoms with Gasteiger partial charge in [-0.2, -0.15) is 0 Å². The molecule has 3 rings (SSSR count). The Labute approximate surface area is 109 Å². The number of carbonyl (C=O) groups is 1. The monoisotopic (exact) mass is 259 g/mol. The average Bonchev–Trinajstić information content (AvgIpc) is 2.71. The summed E-state index contributed by atoms with van der Waals surface area (Å²) in [6.07, 6.45) is 0. The van der Waals surface area contributed by atoms with Gasteiger partial charge in [-0.05, 0) is 41.5 Å². The maximum absolute atomic E-state index is 11.5. The number of carbonyl (C=O) groups excluding carboxylic acids is 1. The van der Waals surface area contributed by atoms with Crippen molar-refractivity contribution < 1.29 is 9.90 Å². The van der Waals surface area contributed by atoms with E-state index in [1.165, 1.54) is 6.07 Å². The maximum Gasteiger partial charge on any atom is 0.251 e. The number of halogens is 1. The van der Waals surface area contributed by atoms with Crippen LogP contribution in [0, 0.1) is 0 Å². The van der Waals surface area contributed by atoms with Crippen LogP contribution in [-0.4, -0.2) is 11.0 Å². The molecule has 0 atom stereocenters. The number of aromatic hydroxyl groups is 1. The third-order valence-electron chi connectivity index (χ3n) is 3.05. The largest absolute Gasteiger partial charge is 0.508 e. The first kappa shape index (κ1) is 11.1. The Bertz CT molecular complexity index is 652. The number of rotatable bonds is 1. The number of nitrogens with one attached hydrogen (secondary N) is 1. The van der Waals surface area contributed by atoms with Gasteiger partial charge in [0.25, 0.3) is 5.91 Å². The minimum atomic E-state index is -0.0339. The Morgan fingerprint density at radius 1 is 1.11 bits per heavy atom. The molecule has 2 N–H and O–H groups in total. The van der Waals surface area contributed by atoms with Gasteiger partial charge in [0, 0.05) is 17.7 Å². The molecule has 18 heavy (non-hydrogen) atoms. The lowest BCUT2D eigenvalue weighted by atomic mass is 10.0. The van der Waals surface area contributed by atoms with E-state index in [-0.39, 0.29) is 11.7 Å². The van der Waals surface area contributed by atoms with E-state index in [1.54, 1.807) is 18.2 Å². The molecule has 0 saturated carbocycles. The van der Waals surface area contributed by atoms with E-state index < -0.39 is 0 Å². The Morgan fingerprint density at radius 3 is 2.67 bits per heavy atom. The molecular weight excluding hydrogens is 250 g/mol. The van der Waals surface area contributed by atoms with Crippen LogP contribution in [0.15, 0.2) is 36.4 Å². The molecule has 2 aromatic carbocycles. The molecule has 1 aliphatic rings. The van der Waals surface area contributed by atoms with Crippen molar-refractivity contribution in [1.82, 2.24) is 5.32 Å². The second-order valence-electron chi connectivity index (χ2n) is 4.22. The maximum atomic E-state index is 11.5. The lowest BCUT2D eigenvalue weighted by molar-refractivity contribution is 0.0966. The molecule has 0 bridgehead atoms. The predicted molar refractivity (Wildman–Crippen MR) is 69.7 cm³/mol. The van der Waals surface area contributed by atoms with Crippen molar-refractivity contribution >= 4 is 17.5 Å². The van der Waals surface area contributed by atoms with Crippen LogP contribution in [0.2, 0.25) is 5.02 Å². The summed E-state index contributed by atoms with van der Waals surface area (Å²) >= 11 is 6.10. The zero-order valence-electron chi connectivity index (χ0n) is 9.40. The standard InChI is InChI=1S/C14H10ClNO2/c15-13-6-10(17)2-4-11(13)8-1-3-12-9(5-8)7-16-14(12)18/h1-6,17H,7H2,(H,16,18). The summed E-state index contributed by atoms with van der Waals surface area (Å²) in [6.45, 7) is 0.553. The van der Waals surface area contributed by atoms with E-state index in [0.29, 0.717) is 17.1 Å². The highest BCUT2D eigenvalue weighted by Gasteiger charge is 2.19. The van der Waals surface area contributed by atoms with Gasteiger partial charge in [0.1, 0.15) is 5.75 Å². The van der Waals surface area contributed by atoms with Crippen LogP contribution < -0.4 is 5.32 Å². The molecule has 2 aromatic rings. The molecule has 0 saturated heterocycles. The quantitative estimate of drug-likeness (QED) is 0.827. The molecule has 0 unspecified atom stereocenters. The molecule has 0 radical (unpaired) electrons. The minimum absolute atomic E-state index is 0.0339. The SMILES string of the molecule is O=C1NCc2cc(-c3ccc(O)cc3Cl)ccc21. The van der Waals surface area contributed by atoms with Crippen LogP contribution in [0.3, 0.4) is 0 Å². The summed E-state index contributed by atoms with van der Waals surface area (Å²) in [5.41, 5.74) is 3.47. The highest BCUT2D eigenvalue weighted by atomic mass is 35.5. The molecule has 0 spiro atoms. The molecule has 0 aromatic heterocycles. The third-order valence-corrected chi connectivity index (χ3v) is 3.37. The van der Waals surface area contributed by atoms with Crippen molar-refractivity contribution in [3.05, 3.63) is 52.5 Å². The fourth-order valence-electron chi connectivity index (χ4n) is 2.14. The fraction of sp³-hybridized carbons (Fsp3) is 0.0714. The van der Waals surface area contributed by atoms with Gasteiger partial charge in [-0.3, -0.25) is 4.79 Å². The highest BCUT2D eigenvalue weighted by molar-refractivity contribution is 6.33. The number of fused-ring (bicyclic) bond motifs is 1. The van der Waals surface area contributed by atoms with Crippen molar-refractivity contribution in [2.24, 2.45) is 0 Å². The van der Waals surface area contributed by atoms with Crippen molar-refractivity contribution in [1.29, 1.82) is 0 Å². The second kappa shape index (κ2) is 4.03. The molecule has 90 valence electrons.